The topological polar surface area (TPSA) is 91.8 Å². The number of carbonyl (C=O) groups is 1. The van der Waals surface area contributed by atoms with Crippen LogP contribution in [0.3, 0.4) is 0 Å². The third-order valence-electron chi connectivity index (χ3n) is 6.37. The van der Waals surface area contributed by atoms with Crippen molar-refractivity contribution in [2.75, 3.05) is 22.2 Å². The molecule has 1 aliphatic carbocycles. The van der Waals surface area contributed by atoms with Crippen molar-refractivity contribution in [3.63, 3.8) is 0 Å². The van der Waals surface area contributed by atoms with Crippen LogP contribution in [0.25, 0.3) is 11.2 Å². The Labute approximate surface area is 200 Å². The number of hydrogen-bond donors (Lipinski definition) is 3. The highest BCUT2D eigenvalue weighted by Crippen LogP contribution is 2.31. The van der Waals surface area contributed by atoms with E-state index in [1.807, 2.05) is 43.5 Å². The van der Waals surface area contributed by atoms with Crippen molar-refractivity contribution >= 4 is 54.0 Å². The number of anilines is 3. The van der Waals surface area contributed by atoms with Gasteiger partial charge in [0.2, 0.25) is 0 Å². The fourth-order valence-corrected chi connectivity index (χ4v) is 4.70. The molecule has 2 unspecified atom stereocenters. The number of fused-ring (bicyclic) bond motifs is 1. The average molecular weight is 462 g/mol. The van der Waals surface area contributed by atoms with Crippen molar-refractivity contribution in [1.29, 1.82) is 0 Å². The normalized spacial score (nSPS) is 20.8. The first-order chi connectivity index (χ1) is 15.8. The molecule has 7 nitrogen and oxygen atoms in total. The molecule has 1 fully saturated rings. The van der Waals surface area contributed by atoms with E-state index in [0.717, 1.165) is 35.2 Å². The van der Waals surface area contributed by atoms with Gasteiger partial charge in [-0.15, -0.1) is 11.8 Å². The molecule has 33 heavy (non-hydrogen) atoms. The summed E-state index contributed by atoms with van der Waals surface area (Å²) < 4.78 is 0. The number of aryl methyl sites for hydroxylation is 1. The summed E-state index contributed by atoms with van der Waals surface area (Å²) in [5, 5.41) is 9.34. The van der Waals surface area contributed by atoms with E-state index in [-0.39, 0.29) is 11.5 Å². The van der Waals surface area contributed by atoms with Crippen molar-refractivity contribution in [2.24, 2.45) is 5.92 Å². The predicted molar refractivity (Wildman–Crippen MR) is 140 cm³/mol. The van der Waals surface area contributed by atoms with Crippen LogP contribution >= 0.6 is 11.8 Å². The van der Waals surface area contributed by atoms with Crippen molar-refractivity contribution in [1.82, 2.24) is 15.0 Å². The zero-order valence-electron chi connectivity index (χ0n) is 19.7. The van der Waals surface area contributed by atoms with Gasteiger partial charge >= 0.3 is 6.03 Å². The van der Waals surface area contributed by atoms with Crippen LogP contribution in [0.2, 0.25) is 0 Å². The third-order valence-corrected chi connectivity index (χ3v) is 7.11. The van der Waals surface area contributed by atoms with Crippen LogP contribution in [0.1, 0.15) is 44.7 Å². The van der Waals surface area contributed by atoms with E-state index in [2.05, 4.69) is 40.7 Å². The highest BCUT2D eigenvalue weighted by atomic mass is 32.2. The molecule has 0 bridgehead atoms. The minimum atomic E-state index is -0.321. The maximum absolute atomic E-state index is 12.5. The molecule has 1 aromatic carbocycles. The lowest BCUT2D eigenvalue weighted by Gasteiger charge is -2.30. The van der Waals surface area contributed by atoms with Gasteiger partial charge in [0.15, 0.2) is 5.65 Å². The number of aromatic nitrogens is 3. The van der Waals surface area contributed by atoms with Gasteiger partial charge < -0.3 is 16.0 Å². The molecule has 1 aliphatic rings. The summed E-state index contributed by atoms with van der Waals surface area (Å²) in [6.07, 6.45) is 9.76. The van der Waals surface area contributed by atoms with E-state index in [0.29, 0.717) is 22.5 Å². The number of benzene rings is 1. The Bertz CT molecular complexity index is 1140. The molecule has 2 heterocycles. The molecule has 2 amide bonds. The molecule has 3 aromatic rings. The second kappa shape index (κ2) is 9.99. The molecular formula is C24H31BN6OS. The van der Waals surface area contributed by atoms with Crippen LogP contribution in [-0.4, -0.2) is 40.5 Å². The third kappa shape index (κ3) is 5.96. The van der Waals surface area contributed by atoms with Crippen molar-refractivity contribution in [2.45, 2.75) is 56.3 Å². The zero-order valence-corrected chi connectivity index (χ0v) is 20.6. The van der Waals surface area contributed by atoms with Crippen molar-refractivity contribution in [3.8, 4) is 0 Å². The van der Waals surface area contributed by atoms with Crippen LogP contribution in [0.15, 0.2) is 41.4 Å². The largest absolute Gasteiger partial charge is 0.371 e. The molecule has 2 atom stereocenters. The monoisotopic (exact) mass is 462 g/mol. The Kier molecular flexibility index (Phi) is 7.07. The highest BCUT2D eigenvalue weighted by Gasteiger charge is 2.28. The second-order valence-electron chi connectivity index (χ2n) is 9.25. The van der Waals surface area contributed by atoms with E-state index >= 15 is 0 Å². The summed E-state index contributed by atoms with van der Waals surface area (Å²) in [6, 6.07) is 9.21. The van der Waals surface area contributed by atoms with Gasteiger partial charge in [-0.05, 0) is 68.7 Å². The molecule has 0 aliphatic heterocycles. The summed E-state index contributed by atoms with van der Waals surface area (Å²) in [5.74, 6) is 1.53. The SMILES string of the molecule is BC1(Nc2cnc3cc(NC(=O)Nc4ccc(SC)cc4)c(C)nc3n2)CCCC(C)CC1. The molecule has 0 saturated heterocycles. The molecular weight excluding hydrogens is 431 g/mol. The second-order valence-corrected chi connectivity index (χ2v) is 10.1. The van der Waals surface area contributed by atoms with Crippen LogP contribution in [0, 0.1) is 12.8 Å². The van der Waals surface area contributed by atoms with Crippen LogP contribution < -0.4 is 16.0 Å². The van der Waals surface area contributed by atoms with Crippen molar-refractivity contribution < 1.29 is 4.79 Å². The standard InChI is InChI=1S/C24H31BN6OS/c1-15-5-4-11-24(25,12-10-15)31-21-14-26-20-13-19(16(2)27-22(20)30-21)29-23(32)28-17-6-8-18(33-3)9-7-17/h6-9,13-15H,4-5,10-12,25H2,1-3H3,(H,27,30,31)(H2,28,29,32). The number of carbonyl (C=O) groups excluding carboxylic acids is 1. The van der Waals surface area contributed by atoms with E-state index in [9.17, 15) is 4.79 Å². The fraction of sp³-hybridized carbons (Fsp3) is 0.417. The zero-order chi connectivity index (χ0) is 23.4. The summed E-state index contributed by atoms with van der Waals surface area (Å²) in [5.41, 5.74) is 3.27. The number of amides is 2. The van der Waals surface area contributed by atoms with Gasteiger partial charge in [-0.25, -0.2) is 19.7 Å². The Morgan fingerprint density at radius 3 is 2.70 bits per heavy atom. The molecule has 2 aromatic heterocycles. The number of thioether (sulfide) groups is 1. The Balaban J connectivity index is 1.46. The van der Waals surface area contributed by atoms with Crippen LogP contribution in [0.5, 0.6) is 0 Å². The Morgan fingerprint density at radius 2 is 1.94 bits per heavy atom. The fourth-order valence-electron chi connectivity index (χ4n) is 4.29. The van der Waals surface area contributed by atoms with Gasteiger partial charge in [-0.2, -0.15) is 0 Å². The minimum absolute atomic E-state index is 0.0236. The quantitative estimate of drug-likeness (QED) is 0.280. The van der Waals surface area contributed by atoms with Gasteiger partial charge in [0.1, 0.15) is 19.2 Å². The van der Waals surface area contributed by atoms with Crippen molar-refractivity contribution in [3.05, 3.63) is 42.2 Å². The Hall–Kier alpha value is -2.81. The lowest BCUT2D eigenvalue weighted by Crippen LogP contribution is -2.38. The molecule has 9 heteroatoms. The molecule has 172 valence electrons. The number of urea groups is 1. The van der Waals surface area contributed by atoms with Crippen LogP contribution in [-0.2, 0) is 0 Å². The number of nitrogens with zero attached hydrogens (tertiary/aromatic N) is 3. The van der Waals surface area contributed by atoms with Crippen LogP contribution in [0.4, 0.5) is 22.0 Å². The molecule has 4 rings (SSSR count). The molecule has 3 N–H and O–H groups in total. The van der Waals surface area contributed by atoms with E-state index < -0.39 is 0 Å². The van der Waals surface area contributed by atoms with E-state index in [1.54, 1.807) is 18.0 Å². The summed E-state index contributed by atoms with van der Waals surface area (Å²) in [7, 11) is 2.27. The number of hydrogen-bond acceptors (Lipinski definition) is 6. The maximum atomic E-state index is 12.5. The lowest BCUT2D eigenvalue weighted by atomic mass is 9.72. The van der Waals surface area contributed by atoms with Gasteiger partial charge in [0.05, 0.1) is 17.6 Å². The number of nitrogens with one attached hydrogen (secondary N) is 3. The first kappa shape index (κ1) is 23.4. The summed E-state index contributed by atoms with van der Waals surface area (Å²) >= 11 is 1.66. The predicted octanol–water partition coefficient (Wildman–Crippen LogP) is 5.04. The maximum Gasteiger partial charge on any atom is 0.323 e. The highest BCUT2D eigenvalue weighted by molar-refractivity contribution is 7.98. The Morgan fingerprint density at radius 1 is 1.15 bits per heavy atom. The smallest absolute Gasteiger partial charge is 0.323 e. The first-order valence-corrected chi connectivity index (χ1v) is 12.7. The summed E-state index contributed by atoms with van der Waals surface area (Å²) in [4.78, 5) is 27.5. The molecule has 0 radical (unpaired) electrons. The van der Waals surface area contributed by atoms with Gasteiger partial charge in [0.25, 0.3) is 0 Å². The van der Waals surface area contributed by atoms with E-state index in [1.165, 1.54) is 19.3 Å². The van der Waals surface area contributed by atoms with E-state index in [4.69, 9.17) is 4.98 Å². The average Bonchev–Trinajstić information content (AvgIpc) is 2.95. The lowest BCUT2D eigenvalue weighted by molar-refractivity contribution is 0.262. The van der Waals surface area contributed by atoms with Gasteiger partial charge in [-0.1, -0.05) is 19.8 Å². The molecule has 1 saturated carbocycles. The van der Waals surface area contributed by atoms with Gasteiger partial charge in [-0.3, -0.25) is 0 Å². The number of rotatable bonds is 5. The first-order valence-electron chi connectivity index (χ1n) is 11.5. The minimum Gasteiger partial charge on any atom is -0.371 e. The number of pyridine rings is 1. The van der Waals surface area contributed by atoms with Gasteiger partial charge in [0, 0.05) is 16.0 Å². The summed E-state index contributed by atoms with van der Waals surface area (Å²) in [6.45, 7) is 4.19. The molecule has 0 spiro atoms.